The molecule has 1 amide bonds. The monoisotopic (exact) mass is 338 g/mol. The summed E-state index contributed by atoms with van der Waals surface area (Å²) in [5.74, 6) is 1.15. The van der Waals surface area contributed by atoms with Crippen LogP contribution in [0.25, 0.3) is 11.3 Å². The zero-order valence-electron chi connectivity index (χ0n) is 14.8. The van der Waals surface area contributed by atoms with Gasteiger partial charge in [-0.05, 0) is 37.3 Å². The van der Waals surface area contributed by atoms with Crippen molar-refractivity contribution in [1.29, 1.82) is 0 Å². The molecule has 0 radical (unpaired) electrons. The minimum Gasteiger partial charge on any atom is -0.399 e. The molecule has 1 aliphatic rings. The molecule has 132 valence electrons. The van der Waals surface area contributed by atoms with Crippen molar-refractivity contribution in [1.82, 2.24) is 9.97 Å². The Balaban J connectivity index is 1.70. The van der Waals surface area contributed by atoms with E-state index in [1.54, 1.807) is 6.20 Å². The first-order valence-corrected chi connectivity index (χ1v) is 9.17. The first kappa shape index (κ1) is 17.4. The maximum atomic E-state index is 12.3. The highest BCUT2D eigenvalue weighted by Crippen LogP contribution is 2.27. The number of amides is 1. The fourth-order valence-electron chi connectivity index (χ4n) is 3.41. The lowest BCUT2D eigenvalue weighted by Gasteiger charge is -2.21. The highest BCUT2D eigenvalue weighted by molar-refractivity contribution is 5.90. The molecule has 3 N–H and O–H groups in total. The number of nitrogen functional groups attached to an aromatic ring is 1. The van der Waals surface area contributed by atoms with Crippen LogP contribution < -0.4 is 11.1 Å². The molecule has 3 rings (SSSR count). The summed E-state index contributed by atoms with van der Waals surface area (Å²) in [6.45, 7) is 2.02. The third-order valence-corrected chi connectivity index (χ3v) is 4.84. The topological polar surface area (TPSA) is 80.9 Å². The van der Waals surface area contributed by atoms with Crippen molar-refractivity contribution < 1.29 is 4.79 Å². The van der Waals surface area contributed by atoms with Crippen LogP contribution in [-0.4, -0.2) is 15.9 Å². The molecule has 1 aliphatic carbocycles. The Labute approximate surface area is 149 Å². The second kappa shape index (κ2) is 8.10. The van der Waals surface area contributed by atoms with Gasteiger partial charge in [-0.3, -0.25) is 4.79 Å². The zero-order chi connectivity index (χ0) is 17.6. The summed E-state index contributed by atoms with van der Waals surface area (Å²) in [5.41, 5.74) is 9.03. The number of aromatic nitrogens is 2. The van der Waals surface area contributed by atoms with Crippen molar-refractivity contribution in [3.8, 4) is 11.3 Å². The van der Waals surface area contributed by atoms with Gasteiger partial charge in [-0.1, -0.05) is 38.3 Å². The van der Waals surface area contributed by atoms with Crippen LogP contribution in [0.1, 0.15) is 51.1 Å². The van der Waals surface area contributed by atoms with Gasteiger partial charge in [-0.25, -0.2) is 9.97 Å². The Kier molecular flexibility index (Phi) is 5.64. The van der Waals surface area contributed by atoms with E-state index in [-0.39, 0.29) is 5.91 Å². The van der Waals surface area contributed by atoms with Crippen LogP contribution in [0.15, 0.2) is 30.5 Å². The van der Waals surface area contributed by atoms with Gasteiger partial charge in [-0.2, -0.15) is 0 Å². The van der Waals surface area contributed by atoms with Gasteiger partial charge in [0.1, 0.15) is 0 Å². The first-order chi connectivity index (χ1) is 12.2. The van der Waals surface area contributed by atoms with Crippen LogP contribution in [0.2, 0.25) is 0 Å². The average molecular weight is 338 g/mol. The van der Waals surface area contributed by atoms with Gasteiger partial charge in [0.2, 0.25) is 5.91 Å². The van der Waals surface area contributed by atoms with E-state index in [9.17, 15) is 4.79 Å². The maximum Gasteiger partial charge on any atom is 0.225 e. The number of hydrogen-bond donors (Lipinski definition) is 2. The SMILES string of the molecule is CCc1nc(-c2ccc(N)cc2)cnc1NC(=O)CC1CCCCC1. The van der Waals surface area contributed by atoms with Gasteiger partial charge >= 0.3 is 0 Å². The predicted molar refractivity (Wildman–Crippen MR) is 101 cm³/mol. The standard InChI is InChI=1S/C20H26N4O/c1-2-17-20(24-19(25)12-14-6-4-3-5-7-14)22-13-18(23-17)15-8-10-16(21)11-9-15/h8-11,13-14H,2-7,12,21H2,1H3,(H,22,24,25). The summed E-state index contributed by atoms with van der Waals surface area (Å²) in [6.07, 6.45) is 9.13. The van der Waals surface area contributed by atoms with E-state index in [0.29, 0.717) is 18.2 Å². The molecule has 5 heteroatoms. The number of nitrogens with zero attached hydrogens (tertiary/aromatic N) is 2. The number of anilines is 2. The molecule has 1 aromatic carbocycles. The molecule has 1 aromatic heterocycles. The summed E-state index contributed by atoms with van der Waals surface area (Å²) in [5, 5.41) is 2.96. The third kappa shape index (κ3) is 4.56. The number of aryl methyl sites for hydroxylation is 1. The highest BCUT2D eigenvalue weighted by Gasteiger charge is 2.18. The number of hydrogen-bond acceptors (Lipinski definition) is 4. The first-order valence-electron chi connectivity index (χ1n) is 9.17. The number of carbonyl (C=O) groups is 1. The van der Waals surface area contributed by atoms with Crippen LogP contribution >= 0.6 is 0 Å². The fourth-order valence-corrected chi connectivity index (χ4v) is 3.41. The van der Waals surface area contributed by atoms with E-state index < -0.39 is 0 Å². The third-order valence-electron chi connectivity index (χ3n) is 4.84. The van der Waals surface area contributed by atoms with Crippen molar-refractivity contribution >= 4 is 17.4 Å². The van der Waals surface area contributed by atoms with Gasteiger partial charge in [0.25, 0.3) is 0 Å². The van der Waals surface area contributed by atoms with Crippen LogP contribution in [0.5, 0.6) is 0 Å². The van der Waals surface area contributed by atoms with Crippen LogP contribution in [0, 0.1) is 5.92 Å². The van der Waals surface area contributed by atoms with Crippen molar-refractivity contribution in [2.24, 2.45) is 5.92 Å². The van der Waals surface area contributed by atoms with Gasteiger partial charge in [-0.15, -0.1) is 0 Å². The maximum absolute atomic E-state index is 12.3. The molecule has 0 bridgehead atoms. The van der Waals surface area contributed by atoms with Crippen molar-refractivity contribution in [3.05, 3.63) is 36.2 Å². The zero-order valence-corrected chi connectivity index (χ0v) is 14.8. The number of carbonyl (C=O) groups excluding carboxylic acids is 1. The second-order valence-electron chi connectivity index (χ2n) is 6.78. The summed E-state index contributed by atoms with van der Waals surface area (Å²) in [4.78, 5) is 21.5. The minimum absolute atomic E-state index is 0.0520. The van der Waals surface area contributed by atoms with E-state index in [4.69, 9.17) is 5.73 Å². The Morgan fingerprint density at radius 3 is 2.60 bits per heavy atom. The van der Waals surface area contributed by atoms with E-state index >= 15 is 0 Å². The normalized spacial score (nSPS) is 15.1. The summed E-state index contributed by atoms with van der Waals surface area (Å²) < 4.78 is 0. The highest BCUT2D eigenvalue weighted by atomic mass is 16.1. The summed E-state index contributed by atoms with van der Waals surface area (Å²) in [7, 11) is 0. The lowest BCUT2D eigenvalue weighted by Crippen LogP contribution is -2.20. The van der Waals surface area contributed by atoms with Crippen molar-refractivity contribution in [3.63, 3.8) is 0 Å². The van der Waals surface area contributed by atoms with Gasteiger partial charge in [0.15, 0.2) is 5.82 Å². The molecule has 0 spiro atoms. The molecule has 0 unspecified atom stereocenters. The molecular formula is C20H26N4O. The van der Waals surface area contributed by atoms with E-state index in [2.05, 4.69) is 15.3 Å². The molecular weight excluding hydrogens is 312 g/mol. The Morgan fingerprint density at radius 2 is 1.92 bits per heavy atom. The molecule has 0 atom stereocenters. The number of nitrogens with one attached hydrogen (secondary N) is 1. The van der Waals surface area contributed by atoms with Gasteiger partial charge < -0.3 is 11.1 Å². The molecule has 25 heavy (non-hydrogen) atoms. The van der Waals surface area contributed by atoms with E-state index in [1.807, 2.05) is 31.2 Å². The summed E-state index contributed by atoms with van der Waals surface area (Å²) >= 11 is 0. The predicted octanol–water partition coefficient (Wildman–Crippen LogP) is 4.20. The lowest BCUT2D eigenvalue weighted by molar-refractivity contribution is -0.117. The van der Waals surface area contributed by atoms with Crippen LogP contribution in [-0.2, 0) is 11.2 Å². The van der Waals surface area contributed by atoms with Crippen LogP contribution in [0.3, 0.4) is 0 Å². The molecule has 1 heterocycles. The number of rotatable bonds is 5. The van der Waals surface area contributed by atoms with Gasteiger partial charge in [0, 0.05) is 17.7 Å². The molecule has 5 nitrogen and oxygen atoms in total. The minimum atomic E-state index is 0.0520. The van der Waals surface area contributed by atoms with Crippen LogP contribution in [0.4, 0.5) is 11.5 Å². The average Bonchev–Trinajstić information content (AvgIpc) is 2.63. The lowest BCUT2D eigenvalue weighted by atomic mass is 9.87. The van der Waals surface area contributed by atoms with Crippen molar-refractivity contribution in [2.75, 3.05) is 11.1 Å². The molecule has 0 aliphatic heterocycles. The summed E-state index contributed by atoms with van der Waals surface area (Å²) in [6, 6.07) is 7.56. The Hall–Kier alpha value is -2.43. The van der Waals surface area contributed by atoms with E-state index in [1.165, 1.54) is 19.3 Å². The van der Waals surface area contributed by atoms with E-state index in [0.717, 1.165) is 41.9 Å². The molecule has 0 saturated heterocycles. The second-order valence-corrected chi connectivity index (χ2v) is 6.78. The number of benzene rings is 1. The Morgan fingerprint density at radius 1 is 1.20 bits per heavy atom. The smallest absolute Gasteiger partial charge is 0.225 e. The molecule has 1 saturated carbocycles. The fraction of sp³-hybridized carbons (Fsp3) is 0.450. The Bertz CT molecular complexity index is 721. The quantitative estimate of drug-likeness (QED) is 0.801. The molecule has 1 fully saturated rings. The number of nitrogens with two attached hydrogens (primary N) is 1. The molecule has 2 aromatic rings. The van der Waals surface area contributed by atoms with Gasteiger partial charge in [0.05, 0.1) is 17.6 Å². The van der Waals surface area contributed by atoms with Crippen molar-refractivity contribution in [2.45, 2.75) is 51.9 Å². The largest absolute Gasteiger partial charge is 0.399 e.